The average Bonchev–Trinajstić information content (AvgIpc) is 2.61. The maximum absolute atomic E-state index is 13.6. The highest BCUT2D eigenvalue weighted by Crippen LogP contribution is 2.16. The van der Waals surface area contributed by atoms with Gasteiger partial charge in [0.15, 0.2) is 0 Å². The molecular formula is C19H17FN2O3. The summed E-state index contributed by atoms with van der Waals surface area (Å²) in [6.07, 6.45) is 1.31. The predicted octanol–water partition coefficient (Wildman–Crippen LogP) is 2.44. The van der Waals surface area contributed by atoms with Crippen LogP contribution in [0.4, 0.5) is 4.39 Å². The molecule has 0 unspecified atom stereocenters. The van der Waals surface area contributed by atoms with Crippen molar-refractivity contribution in [2.45, 2.75) is 13.0 Å². The molecule has 0 aliphatic rings. The van der Waals surface area contributed by atoms with Crippen LogP contribution in [0, 0.1) is 12.7 Å². The summed E-state index contributed by atoms with van der Waals surface area (Å²) in [6, 6.07) is 10.7. The number of halogens is 1. The number of hydrogen-bond acceptors (Lipinski definition) is 3. The Morgan fingerprint density at radius 1 is 1.28 bits per heavy atom. The van der Waals surface area contributed by atoms with Crippen LogP contribution in [0.25, 0.3) is 10.9 Å². The number of aryl methyl sites for hydroxylation is 1. The summed E-state index contributed by atoms with van der Waals surface area (Å²) in [4.78, 5) is 27.9. The third kappa shape index (κ3) is 3.29. The van der Waals surface area contributed by atoms with Crippen LogP contribution in [0.5, 0.6) is 0 Å². The van der Waals surface area contributed by atoms with E-state index in [1.165, 1.54) is 12.3 Å². The van der Waals surface area contributed by atoms with Crippen molar-refractivity contribution in [1.82, 2.24) is 10.3 Å². The Morgan fingerprint density at radius 3 is 2.68 bits per heavy atom. The molecule has 6 heteroatoms. The van der Waals surface area contributed by atoms with Crippen LogP contribution in [0.2, 0.25) is 0 Å². The van der Waals surface area contributed by atoms with Crippen molar-refractivity contribution in [3.8, 4) is 0 Å². The van der Waals surface area contributed by atoms with E-state index in [1.807, 2.05) is 6.07 Å². The number of nitrogens with one attached hydrogen (secondary N) is 2. The van der Waals surface area contributed by atoms with Crippen LogP contribution in [0.3, 0.4) is 0 Å². The molecule has 1 amide bonds. The summed E-state index contributed by atoms with van der Waals surface area (Å²) in [5.74, 6) is -1.17. The lowest BCUT2D eigenvalue weighted by atomic mass is 10.1. The minimum atomic E-state index is -0.641. The molecule has 3 N–H and O–H groups in total. The monoisotopic (exact) mass is 340 g/mol. The summed E-state index contributed by atoms with van der Waals surface area (Å²) in [6.45, 7) is 1.37. The van der Waals surface area contributed by atoms with E-state index >= 15 is 0 Å². The highest BCUT2D eigenvalue weighted by atomic mass is 19.1. The highest BCUT2D eigenvalue weighted by molar-refractivity contribution is 5.97. The maximum atomic E-state index is 13.6. The van der Waals surface area contributed by atoms with Crippen LogP contribution >= 0.6 is 0 Å². The molecule has 2 aromatic carbocycles. The number of hydrogen-bond donors (Lipinski definition) is 3. The predicted molar refractivity (Wildman–Crippen MR) is 93.0 cm³/mol. The van der Waals surface area contributed by atoms with E-state index in [4.69, 9.17) is 0 Å². The lowest BCUT2D eigenvalue weighted by Gasteiger charge is -2.16. The molecule has 128 valence electrons. The van der Waals surface area contributed by atoms with Gasteiger partial charge in [0.1, 0.15) is 11.4 Å². The number of aliphatic hydroxyl groups excluding tert-OH is 1. The van der Waals surface area contributed by atoms with Crippen LogP contribution in [-0.2, 0) is 0 Å². The van der Waals surface area contributed by atoms with E-state index in [-0.39, 0.29) is 17.6 Å². The maximum Gasteiger partial charge on any atom is 0.257 e. The molecule has 3 rings (SSSR count). The van der Waals surface area contributed by atoms with E-state index in [2.05, 4.69) is 10.3 Å². The topological polar surface area (TPSA) is 82.2 Å². The Bertz CT molecular complexity index is 983. The van der Waals surface area contributed by atoms with Gasteiger partial charge in [-0.15, -0.1) is 0 Å². The van der Waals surface area contributed by atoms with E-state index < -0.39 is 23.2 Å². The van der Waals surface area contributed by atoms with Crippen LogP contribution in [0.1, 0.15) is 27.5 Å². The fourth-order valence-corrected chi connectivity index (χ4v) is 2.79. The molecule has 0 saturated heterocycles. The normalized spacial score (nSPS) is 12.1. The number of H-pyrrole nitrogens is 1. The van der Waals surface area contributed by atoms with Crippen molar-refractivity contribution in [3.63, 3.8) is 0 Å². The third-order valence-corrected chi connectivity index (χ3v) is 4.08. The molecule has 3 aromatic rings. The fraction of sp³-hybridized carbons (Fsp3) is 0.158. The quantitative estimate of drug-likeness (QED) is 0.682. The van der Waals surface area contributed by atoms with E-state index in [0.29, 0.717) is 11.1 Å². The summed E-state index contributed by atoms with van der Waals surface area (Å²) >= 11 is 0. The molecule has 0 radical (unpaired) electrons. The zero-order valence-corrected chi connectivity index (χ0v) is 13.5. The Hall–Kier alpha value is -2.99. The number of amides is 1. The molecule has 0 aliphatic carbocycles. The summed E-state index contributed by atoms with van der Waals surface area (Å²) in [5, 5.41) is 12.3. The van der Waals surface area contributed by atoms with Gasteiger partial charge in [0.2, 0.25) is 5.43 Å². The van der Waals surface area contributed by atoms with Gasteiger partial charge in [-0.05, 0) is 30.2 Å². The molecule has 1 aromatic heterocycles. The first-order valence-electron chi connectivity index (χ1n) is 7.79. The first-order valence-corrected chi connectivity index (χ1v) is 7.79. The van der Waals surface area contributed by atoms with Crippen molar-refractivity contribution >= 4 is 16.8 Å². The molecule has 5 nitrogen and oxygen atoms in total. The molecule has 0 saturated carbocycles. The Kier molecular flexibility index (Phi) is 4.63. The van der Waals surface area contributed by atoms with Gasteiger partial charge in [0, 0.05) is 11.6 Å². The minimum Gasteiger partial charge on any atom is -0.394 e. The molecule has 1 heterocycles. The van der Waals surface area contributed by atoms with Crippen molar-refractivity contribution in [3.05, 3.63) is 81.4 Å². The number of rotatable bonds is 4. The van der Waals surface area contributed by atoms with Gasteiger partial charge in [0.25, 0.3) is 5.91 Å². The Labute approximate surface area is 143 Å². The van der Waals surface area contributed by atoms with E-state index in [0.717, 1.165) is 11.6 Å². The van der Waals surface area contributed by atoms with Gasteiger partial charge in [-0.2, -0.15) is 0 Å². The molecule has 0 bridgehead atoms. The van der Waals surface area contributed by atoms with Crippen molar-refractivity contribution in [2.75, 3.05) is 6.61 Å². The second-order valence-electron chi connectivity index (χ2n) is 5.80. The Morgan fingerprint density at radius 2 is 2.00 bits per heavy atom. The van der Waals surface area contributed by atoms with Gasteiger partial charge in [0.05, 0.1) is 18.2 Å². The number of carbonyl (C=O) groups is 1. The third-order valence-electron chi connectivity index (χ3n) is 4.08. The lowest BCUT2D eigenvalue weighted by molar-refractivity contribution is 0.0915. The van der Waals surface area contributed by atoms with E-state index in [1.54, 1.807) is 31.2 Å². The molecule has 25 heavy (non-hydrogen) atoms. The molecular weight excluding hydrogens is 323 g/mol. The SMILES string of the molecule is Cc1cc(F)cc2c(=O)c(C(=O)N[C@H](CO)c3ccccc3)c[nH]c12. The zero-order chi connectivity index (χ0) is 18.0. The minimum absolute atomic E-state index is 0.116. The number of aliphatic hydroxyl groups is 1. The Balaban J connectivity index is 1.97. The van der Waals surface area contributed by atoms with Crippen LogP contribution in [-0.4, -0.2) is 22.6 Å². The first kappa shape index (κ1) is 16.9. The number of pyridine rings is 1. The molecule has 0 spiro atoms. The molecule has 0 aliphatic heterocycles. The first-order chi connectivity index (χ1) is 12.0. The van der Waals surface area contributed by atoms with Crippen molar-refractivity contribution in [1.29, 1.82) is 0 Å². The number of aromatic amines is 1. The molecule has 0 fully saturated rings. The number of benzene rings is 2. The highest BCUT2D eigenvalue weighted by Gasteiger charge is 2.19. The zero-order valence-electron chi connectivity index (χ0n) is 13.5. The largest absolute Gasteiger partial charge is 0.394 e. The summed E-state index contributed by atoms with van der Waals surface area (Å²) in [7, 11) is 0. The number of carbonyl (C=O) groups excluding carboxylic acids is 1. The van der Waals surface area contributed by atoms with E-state index in [9.17, 15) is 19.1 Å². The van der Waals surface area contributed by atoms with Gasteiger partial charge in [-0.3, -0.25) is 9.59 Å². The van der Waals surface area contributed by atoms with Gasteiger partial charge in [-0.25, -0.2) is 4.39 Å². The van der Waals surface area contributed by atoms with Crippen LogP contribution in [0.15, 0.2) is 53.5 Å². The standard InChI is InChI=1S/C19H17FN2O3/c1-11-7-13(20)8-14-17(11)21-9-15(18(14)24)19(25)22-16(10-23)12-5-3-2-4-6-12/h2-9,16,23H,10H2,1H3,(H,21,24)(H,22,25)/t16-/m1/s1. The van der Waals surface area contributed by atoms with Gasteiger partial charge >= 0.3 is 0 Å². The lowest BCUT2D eigenvalue weighted by Crippen LogP contribution is -2.34. The average molecular weight is 340 g/mol. The van der Waals surface area contributed by atoms with Gasteiger partial charge < -0.3 is 15.4 Å². The number of fused-ring (bicyclic) bond motifs is 1. The van der Waals surface area contributed by atoms with Crippen molar-refractivity contribution < 1.29 is 14.3 Å². The second kappa shape index (κ2) is 6.86. The fourth-order valence-electron chi connectivity index (χ4n) is 2.79. The van der Waals surface area contributed by atoms with Crippen molar-refractivity contribution in [2.24, 2.45) is 0 Å². The van der Waals surface area contributed by atoms with Crippen LogP contribution < -0.4 is 10.7 Å². The number of aromatic nitrogens is 1. The smallest absolute Gasteiger partial charge is 0.257 e. The summed E-state index contributed by atoms with van der Waals surface area (Å²) in [5.41, 5.74) is 1.10. The molecule has 1 atom stereocenters. The van der Waals surface area contributed by atoms with Gasteiger partial charge in [-0.1, -0.05) is 30.3 Å². The summed E-state index contributed by atoms with van der Waals surface area (Å²) < 4.78 is 13.6. The second-order valence-corrected chi connectivity index (χ2v) is 5.80.